The summed E-state index contributed by atoms with van der Waals surface area (Å²) in [7, 11) is 0. The Balaban J connectivity index is 1.24. The molecule has 0 amide bonds. The van der Waals surface area contributed by atoms with Gasteiger partial charge in [-0.15, -0.1) is 0 Å². The van der Waals surface area contributed by atoms with Crippen molar-refractivity contribution in [2.24, 2.45) is 0 Å². The zero-order valence-corrected chi connectivity index (χ0v) is 39.3. The third-order valence-corrected chi connectivity index (χ3v) is 12.1. The van der Waals surface area contributed by atoms with Gasteiger partial charge in [0.1, 0.15) is 0 Å². The second kappa shape index (κ2) is 17.1. The number of rotatable bonds is 8. The van der Waals surface area contributed by atoms with Gasteiger partial charge in [-0.25, -0.2) is 17.6 Å². The standard InChI is InChI=1S/C58H60F4N2/c1-55(2,3)39-17-29-45(30-18-39)63(46-31-19-40(20-32-46)56(4,5)6)43-25-13-37(14-26-43)49-51(59)53(61)50(54(62)52(49)60)38-15-27-44(28-16-38)64(47-33-21-41(22-34-47)57(7,8)9)48-35-23-42(24-36-48)58(10,11)12/h13-36H,1-12H3. The zero-order valence-electron chi connectivity index (χ0n) is 39.3. The summed E-state index contributed by atoms with van der Waals surface area (Å²) in [6.07, 6.45) is 0. The van der Waals surface area contributed by atoms with Crippen molar-refractivity contribution in [1.82, 2.24) is 0 Å². The zero-order chi connectivity index (χ0) is 46.5. The van der Waals surface area contributed by atoms with Gasteiger partial charge in [-0.1, -0.05) is 156 Å². The third kappa shape index (κ3) is 9.38. The monoisotopic (exact) mass is 860 g/mol. The highest BCUT2D eigenvalue weighted by molar-refractivity contribution is 5.82. The van der Waals surface area contributed by atoms with Crippen LogP contribution in [0, 0.1) is 23.3 Å². The Bertz CT molecular complexity index is 2390. The van der Waals surface area contributed by atoms with Crippen molar-refractivity contribution in [2.45, 2.75) is 105 Å². The lowest BCUT2D eigenvalue weighted by atomic mass is 9.86. The lowest BCUT2D eigenvalue weighted by Gasteiger charge is -2.28. The largest absolute Gasteiger partial charge is 0.311 e. The average Bonchev–Trinajstić information content (AvgIpc) is 3.24. The van der Waals surface area contributed by atoms with Crippen LogP contribution in [-0.4, -0.2) is 0 Å². The van der Waals surface area contributed by atoms with E-state index in [1.807, 2.05) is 58.3 Å². The van der Waals surface area contributed by atoms with Crippen molar-refractivity contribution in [3.63, 3.8) is 0 Å². The summed E-state index contributed by atoms with van der Waals surface area (Å²) in [5, 5.41) is 0. The Hall–Kier alpha value is -6.14. The van der Waals surface area contributed by atoms with Crippen molar-refractivity contribution in [3.05, 3.63) is 191 Å². The van der Waals surface area contributed by atoms with Crippen LogP contribution in [0.15, 0.2) is 146 Å². The maximum absolute atomic E-state index is 16.2. The molecule has 7 aromatic rings. The molecule has 0 saturated carbocycles. The van der Waals surface area contributed by atoms with E-state index in [1.165, 1.54) is 46.5 Å². The van der Waals surface area contributed by atoms with Crippen molar-refractivity contribution in [1.29, 1.82) is 0 Å². The lowest BCUT2D eigenvalue weighted by molar-refractivity contribution is 0.463. The van der Waals surface area contributed by atoms with Crippen molar-refractivity contribution >= 4 is 34.1 Å². The van der Waals surface area contributed by atoms with Crippen LogP contribution in [0.25, 0.3) is 22.3 Å². The molecule has 7 aromatic carbocycles. The summed E-state index contributed by atoms with van der Waals surface area (Å²) in [4.78, 5) is 4.10. The average molecular weight is 861 g/mol. The molecule has 7 rings (SSSR count). The fourth-order valence-corrected chi connectivity index (χ4v) is 8.03. The molecular weight excluding hydrogens is 801 g/mol. The number of anilines is 6. The predicted molar refractivity (Wildman–Crippen MR) is 261 cm³/mol. The normalized spacial score (nSPS) is 12.4. The van der Waals surface area contributed by atoms with Gasteiger partial charge in [0.15, 0.2) is 23.3 Å². The highest BCUT2D eigenvalue weighted by atomic mass is 19.2. The van der Waals surface area contributed by atoms with Gasteiger partial charge in [0.2, 0.25) is 0 Å². The van der Waals surface area contributed by atoms with E-state index in [1.54, 1.807) is 24.3 Å². The Morgan fingerprint density at radius 1 is 0.250 bits per heavy atom. The summed E-state index contributed by atoms with van der Waals surface area (Å²) >= 11 is 0. The van der Waals surface area contributed by atoms with Gasteiger partial charge >= 0.3 is 0 Å². The molecule has 0 N–H and O–H groups in total. The first-order valence-electron chi connectivity index (χ1n) is 22.0. The van der Waals surface area contributed by atoms with Crippen LogP contribution >= 0.6 is 0 Å². The van der Waals surface area contributed by atoms with E-state index in [-0.39, 0.29) is 32.8 Å². The first kappa shape index (κ1) is 45.9. The smallest absolute Gasteiger partial charge is 0.170 e. The molecule has 0 fully saturated rings. The second-order valence-electron chi connectivity index (χ2n) is 21.0. The second-order valence-corrected chi connectivity index (χ2v) is 21.0. The van der Waals surface area contributed by atoms with E-state index in [0.29, 0.717) is 11.4 Å². The maximum Gasteiger partial charge on any atom is 0.170 e. The molecule has 6 heteroatoms. The minimum atomic E-state index is -1.46. The highest BCUT2D eigenvalue weighted by Crippen LogP contribution is 2.43. The number of hydrogen-bond donors (Lipinski definition) is 0. The molecule has 64 heavy (non-hydrogen) atoms. The SMILES string of the molecule is CC(C)(C)c1ccc(N(c2ccc(-c3c(F)c(F)c(-c4ccc(N(c5ccc(C(C)(C)C)cc5)c5ccc(C(C)(C)C)cc5)cc4)c(F)c3F)cc2)c2ccc(C(C)(C)C)cc2)cc1. The predicted octanol–water partition coefficient (Wildman–Crippen LogP) is 17.7. The van der Waals surface area contributed by atoms with Gasteiger partial charge in [-0.2, -0.15) is 0 Å². The Labute approximate surface area is 378 Å². The summed E-state index contributed by atoms with van der Waals surface area (Å²) in [6, 6.07) is 46.0. The topological polar surface area (TPSA) is 6.48 Å². The minimum Gasteiger partial charge on any atom is -0.311 e. The van der Waals surface area contributed by atoms with Crippen LogP contribution < -0.4 is 9.80 Å². The van der Waals surface area contributed by atoms with Gasteiger partial charge < -0.3 is 9.80 Å². The molecule has 0 atom stereocenters. The van der Waals surface area contributed by atoms with Crippen molar-refractivity contribution in [3.8, 4) is 22.3 Å². The number of halogens is 4. The molecule has 0 unspecified atom stereocenters. The van der Waals surface area contributed by atoms with E-state index in [2.05, 4.69) is 132 Å². The molecule has 0 heterocycles. The van der Waals surface area contributed by atoms with E-state index in [4.69, 9.17) is 0 Å². The highest BCUT2D eigenvalue weighted by Gasteiger charge is 2.28. The number of benzene rings is 7. The molecule has 2 nitrogen and oxygen atoms in total. The maximum atomic E-state index is 16.2. The quantitative estimate of drug-likeness (QED) is 0.111. The molecular formula is C58H60F4N2. The summed E-state index contributed by atoms with van der Waals surface area (Å²) in [5.74, 6) is -5.84. The molecule has 0 bridgehead atoms. The Morgan fingerprint density at radius 2 is 0.406 bits per heavy atom. The molecule has 0 radical (unpaired) electrons. The van der Waals surface area contributed by atoms with Crippen molar-refractivity contribution < 1.29 is 17.6 Å². The van der Waals surface area contributed by atoms with Gasteiger partial charge in [-0.3, -0.25) is 0 Å². The minimum absolute atomic E-state index is 0.00941. The van der Waals surface area contributed by atoms with Crippen LogP contribution in [0.3, 0.4) is 0 Å². The van der Waals surface area contributed by atoms with Crippen molar-refractivity contribution in [2.75, 3.05) is 9.80 Å². The van der Waals surface area contributed by atoms with E-state index >= 15 is 17.6 Å². The first-order chi connectivity index (χ1) is 29.9. The molecule has 0 saturated heterocycles. The molecule has 0 aromatic heterocycles. The fourth-order valence-electron chi connectivity index (χ4n) is 8.03. The van der Waals surface area contributed by atoms with Gasteiger partial charge in [0.05, 0.1) is 11.1 Å². The number of nitrogens with zero attached hydrogens (tertiary/aromatic N) is 2. The van der Waals surface area contributed by atoms with Gasteiger partial charge in [0, 0.05) is 34.1 Å². The van der Waals surface area contributed by atoms with E-state index < -0.39 is 34.4 Å². The number of hydrogen-bond acceptors (Lipinski definition) is 2. The molecule has 0 aliphatic heterocycles. The Kier molecular flexibility index (Phi) is 12.3. The molecule has 0 aliphatic carbocycles. The summed E-state index contributed by atoms with van der Waals surface area (Å²) < 4.78 is 64.9. The molecule has 330 valence electrons. The lowest BCUT2D eigenvalue weighted by Crippen LogP contribution is -2.14. The Morgan fingerprint density at radius 3 is 0.562 bits per heavy atom. The summed E-state index contributed by atoms with van der Waals surface area (Å²) in [6.45, 7) is 25.9. The summed E-state index contributed by atoms with van der Waals surface area (Å²) in [5.41, 5.74) is 7.97. The molecule has 0 spiro atoms. The van der Waals surface area contributed by atoms with E-state index in [9.17, 15) is 0 Å². The van der Waals surface area contributed by atoms with Gasteiger partial charge in [0.25, 0.3) is 0 Å². The molecule has 0 aliphatic rings. The van der Waals surface area contributed by atoms with Crippen LogP contribution in [0.2, 0.25) is 0 Å². The van der Waals surface area contributed by atoms with Crippen LogP contribution in [0.1, 0.15) is 105 Å². The van der Waals surface area contributed by atoms with E-state index in [0.717, 1.165) is 22.7 Å². The third-order valence-electron chi connectivity index (χ3n) is 12.1. The van der Waals surface area contributed by atoms with Crippen LogP contribution in [0.5, 0.6) is 0 Å². The fraction of sp³-hybridized carbons (Fsp3) is 0.276. The van der Waals surface area contributed by atoms with Crippen LogP contribution in [-0.2, 0) is 21.7 Å². The first-order valence-corrected chi connectivity index (χ1v) is 22.0. The van der Waals surface area contributed by atoms with Gasteiger partial charge in [-0.05, 0) is 128 Å². The van der Waals surface area contributed by atoms with Crippen LogP contribution in [0.4, 0.5) is 51.7 Å².